The van der Waals surface area contributed by atoms with Gasteiger partial charge in [-0.15, -0.1) is 0 Å². The molecule has 0 aliphatic heterocycles. The number of nitrogens with two attached hydrogens (primary N) is 1. The van der Waals surface area contributed by atoms with Gasteiger partial charge in [0.1, 0.15) is 10.6 Å². The minimum Gasteiger partial charge on any atom is -0.495 e. The van der Waals surface area contributed by atoms with E-state index in [9.17, 15) is 13.2 Å². The number of carbonyl (C=O) groups excluding carboxylic acids is 1. The van der Waals surface area contributed by atoms with E-state index in [-0.39, 0.29) is 28.5 Å². The Hall–Kier alpha value is -1.40. The zero-order chi connectivity index (χ0) is 12.3. The van der Waals surface area contributed by atoms with Gasteiger partial charge in [-0.3, -0.25) is 4.79 Å². The summed E-state index contributed by atoms with van der Waals surface area (Å²) >= 11 is 0. The summed E-state index contributed by atoms with van der Waals surface area (Å²) in [7, 11) is -2.06. The lowest BCUT2D eigenvalue weighted by Crippen LogP contribution is -2.14. The van der Waals surface area contributed by atoms with Crippen LogP contribution in [0.15, 0.2) is 23.1 Å². The van der Waals surface area contributed by atoms with Gasteiger partial charge in [0.05, 0.1) is 13.7 Å². The first kappa shape index (κ1) is 12.7. The number of rotatable bonds is 4. The second kappa shape index (κ2) is 4.63. The molecule has 1 rings (SSSR count). The monoisotopic (exact) mass is 243 g/mol. The van der Waals surface area contributed by atoms with Crippen LogP contribution in [-0.2, 0) is 9.84 Å². The molecule has 0 radical (unpaired) electrons. The van der Waals surface area contributed by atoms with Crippen molar-refractivity contribution < 1.29 is 17.9 Å². The van der Waals surface area contributed by atoms with Gasteiger partial charge < -0.3 is 10.5 Å². The summed E-state index contributed by atoms with van der Waals surface area (Å²) in [5, 5.41) is 0. The average molecular weight is 243 g/mol. The average Bonchev–Trinajstić information content (AvgIpc) is 2.26. The van der Waals surface area contributed by atoms with E-state index in [1.165, 1.54) is 25.3 Å². The maximum atomic E-state index is 11.5. The molecule has 0 fully saturated rings. The van der Waals surface area contributed by atoms with Crippen molar-refractivity contribution in [1.29, 1.82) is 0 Å². The van der Waals surface area contributed by atoms with Crippen molar-refractivity contribution in [3.8, 4) is 5.75 Å². The Bertz CT molecular complexity index is 508. The molecule has 2 N–H and O–H groups in total. The number of ketones is 1. The number of hydrogen-bond donors (Lipinski definition) is 1. The van der Waals surface area contributed by atoms with Crippen molar-refractivity contribution in [2.24, 2.45) is 5.73 Å². The molecule has 6 heteroatoms. The lowest BCUT2D eigenvalue weighted by Gasteiger charge is -2.08. The largest absolute Gasteiger partial charge is 0.495 e. The molecule has 0 spiro atoms. The van der Waals surface area contributed by atoms with Crippen molar-refractivity contribution in [1.82, 2.24) is 0 Å². The number of sulfone groups is 1. The Morgan fingerprint density at radius 3 is 2.50 bits per heavy atom. The van der Waals surface area contributed by atoms with E-state index in [0.717, 1.165) is 6.26 Å². The molecule has 1 aromatic carbocycles. The molecule has 5 nitrogen and oxygen atoms in total. The molecule has 1 aromatic rings. The van der Waals surface area contributed by atoms with Gasteiger partial charge in [0, 0.05) is 11.8 Å². The molecule has 0 aliphatic rings. The van der Waals surface area contributed by atoms with E-state index in [4.69, 9.17) is 10.5 Å². The first-order chi connectivity index (χ1) is 7.40. The normalized spacial score (nSPS) is 11.2. The van der Waals surface area contributed by atoms with Crippen LogP contribution >= 0.6 is 0 Å². The summed E-state index contributed by atoms with van der Waals surface area (Å²) in [6.45, 7) is -0.157. The van der Waals surface area contributed by atoms with Crippen LogP contribution in [0.2, 0.25) is 0 Å². The van der Waals surface area contributed by atoms with Crippen LogP contribution in [0.1, 0.15) is 10.4 Å². The van der Waals surface area contributed by atoms with Crippen LogP contribution in [0.5, 0.6) is 5.75 Å². The Labute approximate surface area is 94.1 Å². The Balaban J connectivity index is 3.39. The minimum absolute atomic E-state index is 0.00528. The van der Waals surface area contributed by atoms with E-state index in [1.54, 1.807) is 0 Å². The Kier molecular flexibility index (Phi) is 3.66. The van der Waals surface area contributed by atoms with Crippen LogP contribution in [0, 0.1) is 0 Å². The number of benzene rings is 1. The molecule has 88 valence electrons. The van der Waals surface area contributed by atoms with Gasteiger partial charge in [0.2, 0.25) is 0 Å². The third-order valence-electron chi connectivity index (χ3n) is 2.07. The highest BCUT2D eigenvalue weighted by atomic mass is 32.2. The van der Waals surface area contributed by atoms with Crippen molar-refractivity contribution in [2.45, 2.75) is 4.90 Å². The summed E-state index contributed by atoms with van der Waals surface area (Å²) in [5.41, 5.74) is 5.47. The predicted molar refractivity (Wildman–Crippen MR) is 59.5 cm³/mol. The molecule has 0 aromatic heterocycles. The predicted octanol–water partition coefficient (Wildman–Crippen LogP) is 0.240. The fourth-order valence-corrected chi connectivity index (χ4v) is 2.12. The highest BCUT2D eigenvalue weighted by Crippen LogP contribution is 2.24. The van der Waals surface area contributed by atoms with E-state index < -0.39 is 9.84 Å². The molecule has 0 amide bonds. The van der Waals surface area contributed by atoms with E-state index in [0.29, 0.717) is 0 Å². The van der Waals surface area contributed by atoms with Crippen LogP contribution in [0.3, 0.4) is 0 Å². The molecule has 0 saturated heterocycles. The van der Waals surface area contributed by atoms with Crippen LogP contribution in [-0.4, -0.2) is 34.1 Å². The van der Waals surface area contributed by atoms with Crippen molar-refractivity contribution >= 4 is 15.6 Å². The van der Waals surface area contributed by atoms with Gasteiger partial charge in [-0.2, -0.15) is 0 Å². The van der Waals surface area contributed by atoms with Gasteiger partial charge in [-0.25, -0.2) is 8.42 Å². The third kappa shape index (κ3) is 2.59. The molecular weight excluding hydrogens is 230 g/mol. The molecule has 0 atom stereocenters. The van der Waals surface area contributed by atoms with Gasteiger partial charge in [-0.05, 0) is 18.2 Å². The smallest absolute Gasteiger partial charge is 0.179 e. The van der Waals surface area contributed by atoms with Gasteiger partial charge in [0.25, 0.3) is 0 Å². The summed E-state index contributed by atoms with van der Waals surface area (Å²) in [4.78, 5) is 11.3. The maximum absolute atomic E-state index is 11.5. The zero-order valence-corrected chi connectivity index (χ0v) is 9.87. The lowest BCUT2D eigenvalue weighted by atomic mass is 10.1. The first-order valence-electron chi connectivity index (χ1n) is 4.51. The number of ether oxygens (including phenoxy) is 1. The van der Waals surface area contributed by atoms with Crippen LogP contribution in [0.25, 0.3) is 0 Å². The lowest BCUT2D eigenvalue weighted by molar-refractivity contribution is 0.100. The molecule has 0 unspecified atom stereocenters. The van der Waals surface area contributed by atoms with Crippen LogP contribution in [0.4, 0.5) is 0 Å². The van der Waals surface area contributed by atoms with Crippen molar-refractivity contribution in [3.05, 3.63) is 23.8 Å². The number of hydrogen-bond acceptors (Lipinski definition) is 5. The Morgan fingerprint density at radius 1 is 1.44 bits per heavy atom. The molecular formula is C10H13NO4S. The number of Topliss-reactive ketones (excluding diaryl/α,β-unsaturated/α-hetero) is 1. The highest BCUT2D eigenvalue weighted by molar-refractivity contribution is 7.90. The van der Waals surface area contributed by atoms with E-state index >= 15 is 0 Å². The Morgan fingerprint density at radius 2 is 2.06 bits per heavy atom. The molecule has 0 heterocycles. The van der Waals surface area contributed by atoms with E-state index in [2.05, 4.69) is 0 Å². The molecule has 0 saturated carbocycles. The third-order valence-corrected chi connectivity index (χ3v) is 3.19. The SMILES string of the molecule is COc1ccc(C(=O)CN)cc1S(C)(=O)=O. The quantitative estimate of drug-likeness (QED) is 0.765. The number of methoxy groups -OCH3 is 1. The second-order valence-electron chi connectivity index (χ2n) is 3.27. The summed E-state index contributed by atoms with van der Waals surface area (Å²) in [6.07, 6.45) is 1.06. The van der Waals surface area contributed by atoms with Gasteiger partial charge >= 0.3 is 0 Å². The van der Waals surface area contributed by atoms with Gasteiger partial charge in [0.15, 0.2) is 15.6 Å². The maximum Gasteiger partial charge on any atom is 0.179 e. The summed E-state index contributed by atoms with van der Waals surface area (Å²) < 4.78 is 27.8. The summed E-state index contributed by atoms with van der Waals surface area (Å²) in [6, 6.07) is 4.21. The van der Waals surface area contributed by atoms with Crippen molar-refractivity contribution in [3.63, 3.8) is 0 Å². The fraction of sp³-hybridized carbons (Fsp3) is 0.300. The van der Waals surface area contributed by atoms with Gasteiger partial charge in [-0.1, -0.05) is 0 Å². The topological polar surface area (TPSA) is 86.5 Å². The number of carbonyl (C=O) groups is 1. The minimum atomic E-state index is -3.43. The van der Waals surface area contributed by atoms with Crippen LogP contribution < -0.4 is 10.5 Å². The van der Waals surface area contributed by atoms with Crippen molar-refractivity contribution in [2.75, 3.05) is 19.9 Å². The summed E-state index contributed by atoms with van der Waals surface area (Å²) in [5.74, 6) is -0.0939. The zero-order valence-electron chi connectivity index (χ0n) is 9.06. The second-order valence-corrected chi connectivity index (χ2v) is 5.25. The first-order valence-corrected chi connectivity index (χ1v) is 6.40. The molecule has 0 aliphatic carbocycles. The van der Waals surface area contributed by atoms with E-state index in [1.807, 2.05) is 0 Å². The molecule has 0 bridgehead atoms. The molecule has 16 heavy (non-hydrogen) atoms. The fourth-order valence-electron chi connectivity index (χ4n) is 1.26. The highest BCUT2D eigenvalue weighted by Gasteiger charge is 2.16. The standard InChI is InChI=1S/C10H13NO4S/c1-15-9-4-3-7(8(12)6-11)5-10(9)16(2,13)14/h3-5H,6,11H2,1-2H3.